The zero-order chi connectivity index (χ0) is 21.1. The third-order valence-electron chi connectivity index (χ3n) is 4.25. The quantitative estimate of drug-likeness (QED) is 0.606. The van der Waals surface area contributed by atoms with E-state index in [4.69, 9.17) is 4.74 Å². The summed E-state index contributed by atoms with van der Waals surface area (Å²) in [5.41, 5.74) is 4.21. The number of phenols is 1. The SMILES string of the molecule is Cc1cc(OCP(C)(=O)O)cc(C)c1Cc1ccc(O)c(C(=O)NC(C)C)c1. The van der Waals surface area contributed by atoms with Crippen molar-refractivity contribution in [2.45, 2.75) is 40.2 Å². The summed E-state index contributed by atoms with van der Waals surface area (Å²) in [6, 6.07) is 8.69. The lowest BCUT2D eigenvalue weighted by Gasteiger charge is -2.15. The normalized spacial score (nSPS) is 13.2. The van der Waals surface area contributed by atoms with E-state index < -0.39 is 7.37 Å². The Balaban J connectivity index is 2.26. The van der Waals surface area contributed by atoms with Gasteiger partial charge in [-0.15, -0.1) is 0 Å². The maximum absolute atomic E-state index is 12.3. The van der Waals surface area contributed by atoms with Crippen molar-refractivity contribution in [2.75, 3.05) is 13.0 Å². The van der Waals surface area contributed by atoms with Gasteiger partial charge in [0.1, 0.15) is 11.5 Å². The highest BCUT2D eigenvalue weighted by Crippen LogP contribution is 2.36. The van der Waals surface area contributed by atoms with E-state index in [2.05, 4.69) is 5.32 Å². The number of hydrogen-bond donors (Lipinski definition) is 3. The summed E-state index contributed by atoms with van der Waals surface area (Å²) in [5, 5.41) is 12.8. The fourth-order valence-corrected chi connectivity index (χ4v) is 3.32. The predicted octanol–water partition coefficient (Wildman–Crippen LogP) is 3.97. The predicted molar refractivity (Wildman–Crippen MR) is 111 cm³/mol. The molecule has 0 heterocycles. The molecule has 0 spiro atoms. The molecule has 0 saturated carbocycles. The molecule has 1 unspecified atom stereocenters. The van der Waals surface area contributed by atoms with E-state index in [0.717, 1.165) is 22.3 Å². The van der Waals surface area contributed by atoms with E-state index in [1.807, 2.05) is 39.8 Å². The second-order valence-electron chi connectivity index (χ2n) is 7.52. The second-order valence-corrected chi connectivity index (χ2v) is 9.88. The minimum Gasteiger partial charge on any atom is -0.507 e. The number of nitrogens with one attached hydrogen (secondary N) is 1. The Bertz CT molecular complexity index is 894. The fraction of sp³-hybridized carbons (Fsp3) is 0.381. The molecule has 6 nitrogen and oxygen atoms in total. The van der Waals surface area contributed by atoms with Gasteiger partial charge in [0.05, 0.1) is 5.56 Å². The first-order chi connectivity index (χ1) is 13.0. The molecule has 0 aromatic heterocycles. The molecule has 2 rings (SSSR count). The average molecular weight is 405 g/mol. The van der Waals surface area contributed by atoms with Crippen LogP contribution < -0.4 is 10.1 Å². The molecule has 0 bridgehead atoms. The summed E-state index contributed by atoms with van der Waals surface area (Å²) in [5.74, 6) is 0.198. The molecule has 0 aliphatic heterocycles. The minimum atomic E-state index is -3.24. The van der Waals surface area contributed by atoms with Crippen LogP contribution in [0.25, 0.3) is 0 Å². The van der Waals surface area contributed by atoms with Crippen molar-refractivity contribution in [3.63, 3.8) is 0 Å². The van der Waals surface area contributed by atoms with Gasteiger partial charge in [-0.1, -0.05) is 6.07 Å². The van der Waals surface area contributed by atoms with E-state index >= 15 is 0 Å². The van der Waals surface area contributed by atoms with Gasteiger partial charge in [-0.25, -0.2) is 0 Å². The van der Waals surface area contributed by atoms with Crippen molar-refractivity contribution < 1.29 is 24.1 Å². The summed E-state index contributed by atoms with van der Waals surface area (Å²) in [7, 11) is -3.24. The topological polar surface area (TPSA) is 95.9 Å². The summed E-state index contributed by atoms with van der Waals surface area (Å²) in [4.78, 5) is 21.7. The lowest BCUT2D eigenvalue weighted by molar-refractivity contribution is 0.0940. The largest absolute Gasteiger partial charge is 0.507 e. The van der Waals surface area contributed by atoms with E-state index in [1.54, 1.807) is 12.1 Å². The molecule has 2 aromatic rings. The average Bonchev–Trinajstić information content (AvgIpc) is 2.56. The van der Waals surface area contributed by atoms with Crippen LogP contribution in [0.2, 0.25) is 0 Å². The van der Waals surface area contributed by atoms with Gasteiger partial charge < -0.3 is 20.1 Å². The lowest BCUT2D eigenvalue weighted by Crippen LogP contribution is -2.30. The van der Waals surface area contributed by atoms with Crippen LogP contribution in [0, 0.1) is 13.8 Å². The number of ether oxygens (including phenoxy) is 1. The van der Waals surface area contributed by atoms with E-state index in [0.29, 0.717) is 12.2 Å². The highest BCUT2D eigenvalue weighted by molar-refractivity contribution is 7.56. The number of amides is 1. The Morgan fingerprint density at radius 1 is 1.18 bits per heavy atom. The number of carbonyl (C=O) groups excluding carboxylic acids is 1. The van der Waals surface area contributed by atoms with Crippen LogP contribution in [0.5, 0.6) is 11.5 Å². The highest BCUT2D eigenvalue weighted by atomic mass is 31.2. The smallest absolute Gasteiger partial charge is 0.255 e. The standard InChI is InChI=1S/C21H28NO5P/c1-13(2)22-21(24)19-11-16(6-7-20(19)23)10-18-14(3)8-17(9-15(18)4)27-12-28(5,25)26/h6-9,11,13,23H,10,12H2,1-5H3,(H,22,24)(H,25,26). The Hall–Kier alpha value is -2.30. The van der Waals surface area contributed by atoms with Crippen molar-refractivity contribution >= 4 is 13.3 Å². The van der Waals surface area contributed by atoms with Crippen LogP contribution in [-0.4, -0.2) is 35.0 Å². The maximum atomic E-state index is 12.3. The molecule has 3 N–H and O–H groups in total. The van der Waals surface area contributed by atoms with Crippen molar-refractivity contribution in [2.24, 2.45) is 0 Å². The zero-order valence-corrected chi connectivity index (χ0v) is 17.8. The third-order valence-corrected chi connectivity index (χ3v) is 4.85. The number of carbonyl (C=O) groups is 1. The monoisotopic (exact) mass is 405 g/mol. The molecule has 0 aliphatic carbocycles. The molecular weight excluding hydrogens is 377 g/mol. The van der Waals surface area contributed by atoms with Gasteiger partial charge in [-0.05, 0) is 80.6 Å². The summed E-state index contributed by atoms with van der Waals surface area (Å²) in [6.07, 6.45) is 0.365. The molecule has 152 valence electrons. The number of rotatable bonds is 7. The molecule has 2 aromatic carbocycles. The first-order valence-corrected chi connectivity index (χ1v) is 11.4. The first-order valence-electron chi connectivity index (χ1n) is 9.11. The zero-order valence-electron chi connectivity index (χ0n) is 16.9. The summed E-state index contributed by atoms with van der Waals surface area (Å²) >= 11 is 0. The van der Waals surface area contributed by atoms with Crippen LogP contribution in [-0.2, 0) is 11.0 Å². The molecule has 1 atom stereocenters. The Morgan fingerprint density at radius 3 is 2.32 bits per heavy atom. The molecule has 7 heteroatoms. The molecular formula is C21H28NO5P. The van der Waals surface area contributed by atoms with E-state index in [1.165, 1.54) is 12.7 Å². The number of benzene rings is 2. The van der Waals surface area contributed by atoms with Gasteiger partial charge in [0.15, 0.2) is 6.35 Å². The van der Waals surface area contributed by atoms with Crippen LogP contribution >= 0.6 is 7.37 Å². The lowest BCUT2D eigenvalue weighted by atomic mass is 9.94. The Labute approximate surface area is 166 Å². The number of hydrogen-bond acceptors (Lipinski definition) is 4. The van der Waals surface area contributed by atoms with Crippen LogP contribution in [0.15, 0.2) is 30.3 Å². The van der Waals surface area contributed by atoms with Gasteiger partial charge in [0.25, 0.3) is 5.91 Å². The number of aromatic hydroxyl groups is 1. The molecule has 0 aliphatic rings. The van der Waals surface area contributed by atoms with Gasteiger partial charge >= 0.3 is 0 Å². The van der Waals surface area contributed by atoms with Crippen molar-refractivity contribution in [3.8, 4) is 11.5 Å². The molecule has 0 radical (unpaired) electrons. The summed E-state index contributed by atoms with van der Waals surface area (Å²) in [6.45, 7) is 8.89. The van der Waals surface area contributed by atoms with Gasteiger partial charge in [0.2, 0.25) is 7.37 Å². The van der Waals surface area contributed by atoms with Crippen molar-refractivity contribution in [3.05, 3.63) is 58.1 Å². The Morgan fingerprint density at radius 2 is 1.79 bits per heavy atom. The van der Waals surface area contributed by atoms with Gasteiger partial charge in [-0.2, -0.15) is 0 Å². The number of aryl methyl sites for hydroxylation is 2. The summed E-state index contributed by atoms with van der Waals surface area (Å²) < 4.78 is 16.9. The molecule has 0 fully saturated rings. The van der Waals surface area contributed by atoms with Gasteiger partial charge in [-0.3, -0.25) is 9.36 Å². The number of phenolic OH excluding ortho intramolecular Hbond substituents is 1. The van der Waals surface area contributed by atoms with E-state index in [9.17, 15) is 19.4 Å². The highest BCUT2D eigenvalue weighted by Gasteiger charge is 2.15. The Kier molecular flexibility index (Phi) is 6.91. The first kappa shape index (κ1) is 22.0. The van der Waals surface area contributed by atoms with Gasteiger partial charge in [0, 0.05) is 12.7 Å². The van der Waals surface area contributed by atoms with Crippen molar-refractivity contribution in [1.82, 2.24) is 5.32 Å². The third kappa shape index (κ3) is 6.11. The molecule has 28 heavy (non-hydrogen) atoms. The molecule has 0 saturated heterocycles. The second kappa shape index (κ2) is 8.80. The fourth-order valence-electron chi connectivity index (χ4n) is 2.93. The molecule has 1 amide bonds. The van der Waals surface area contributed by atoms with Crippen molar-refractivity contribution in [1.29, 1.82) is 0 Å². The minimum absolute atomic E-state index is 0.0232. The maximum Gasteiger partial charge on any atom is 0.255 e. The van der Waals surface area contributed by atoms with Crippen LogP contribution in [0.4, 0.5) is 0 Å². The van der Waals surface area contributed by atoms with E-state index in [-0.39, 0.29) is 29.6 Å². The van der Waals surface area contributed by atoms with Crippen LogP contribution in [0.3, 0.4) is 0 Å². The van der Waals surface area contributed by atoms with Crippen LogP contribution in [0.1, 0.15) is 46.5 Å².